The number of hydrogen-bond donors (Lipinski definition) is 3. The molecule has 84 heavy (non-hydrogen) atoms. The van der Waals surface area contributed by atoms with E-state index in [9.17, 15) is 19.8 Å². The predicted octanol–water partition coefficient (Wildman–Crippen LogP) is 25.0. The van der Waals surface area contributed by atoms with Gasteiger partial charge in [0.2, 0.25) is 5.91 Å². The van der Waals surface area contributed by atoms with E-state index in [-0.39, 0.29) is 18.5 Å². The second-order valence-corrected chi connectivity index (χ2v) is 26.3. The Kier molecular flexibility index (Phi) is 71.9. The fourth-order valence-electron chi connectivity index (χ4n) is 12.1. The van der Waals surface area contributed by atoms with Crippen molar-refractivity contribution in [2.45, 2.75) is 437 Å². The maximum absolute atomic E-state index is 12.5. The Balaban J connectivity index is 3.37. The van der Waals surface area contributed by atoms with E-state index in [4.69, 9.17) is 4.74 Å². The number of aliphatic hydroxyl groups is 2. The second-order valence-electron chi connectivity index (χ2n) is 26.3. The Morgan fingerprint density at radius 3 is 0.905 bits per heavy atom. The highest BCUT2D eigenvalue weighted by molar-refractivity contribution is 5.76. The van der Waals surface area contributed by atoms with Gasteiger partial charge in [-0.2, -0.15) is 0 Å². The van der Waals surface area contributed by atoms with Crippen molar-refractivity contribution in [1.29, 1.82) is 0 Å². The van der Waals surface area contributed by atoms with E-state index in [1.165, 1.54) is 353 Å². The maximum atomic E-state index is 12.5. The van der Waals surface area contributed by atoms with Crippen LogP contribution in [0.15, 0.2) is 36.5 Å². The first-order valence-electron chi connectivity index (χ1n) is 38.3. The number of nitrogens with one attached hydrogen (secondary N) is 1. The molecule has 0 rings (SSSR count). The summed E-state index contributed by atoms with van der Waals surface area (Å²) < 4.78 is 5.48. The molecule has 0 bridgehead atoms. The van der Waals surface area contributed by atoms with E-state index >= 15 is 0 Å². The van der Waals surface area contributed by atoms with Crippen LogP contribution in [0.2, 0.25) is 0 Å². The van der Waals surface area contributed by atoms with Gasteiger partial charge in [-0.25, -0.2) is 0 Å². The summed E-state index contributed by atoms with van der Waals surface area (Å²) in [6.45, 7) is 4.94. The normalized spacial score (nSPS) is 12.7. The van der Waals surface area contributed by atoms with Gasteiger partial charge in [0.15, 0.2) is 0 Å². The average Bonchev–Trinajstić information content (AvgIpc) is 3.52. The van der Waals surface area contributed by atoms with Crippen LogP contribution in [0.4, 0.5) is 0 Å². The molecular formula is C78H149NO5. The zero-order chi connectivity index (χ0) is 60.6. The van der Waals surface area contributed by atoms with Crippen molar-refractivity contribution >= 4 is 11.9 Å². The highest BCUT2D eigenvalue weighted by Gasteiger charge is 2.18. The van der Waals surface area contributed by atoms with Gasteiger partial charge in [0.05, 0.1) is 25.4 Å². The van der Waals surface area contributed by atoms with E-state index < -0.39 is 12.1 Å². The first-order valence-corrected chi connectivity index (χ1v) is 38.3. The third kappa shape index (κ3) is 69.2. The van der Waals surface area contributed by atoms with Crippen molar-refractivity contribution in [3.63, 3.8) is 0 Å². The van der Waals surface area contributed by atoms with Gasteiger partial charge in [-0.05, 0) is 64.2 Å². The molecule has 6 heteroatoms. The summed E-state index contributed by atoms with van der Waals surface area (Å²) in [7, 11) is 0. The average molecular weight is 1180 g/mol. The third-order valence-corrected chi connectivity index (χ3v) is 17.9. The van der Waals surface area contributed by atoms with Gasteiger partial charge in [-0.15, -0.1) is 0 Å². The number of carbonyl (C=O) groups is 2. The van der Waals surface area contributed by atoms with Gasteiger partial charge in [-0.1, -0.05) is 384 Å². The zero-order valence-corrected chi connectivity index (χ0v) is 56.9. The molecule has 2 atom stereocenters. The van der Waals surface area contributed by atoms with Gasteiger partial charge < -0.3 is 20.3 Å². The van der Waals surface area contributed by atoms with E-state index in [1.54, 1.807) is 6.08 Å². The first-order chi connectivity index (χ1) is 41.5. The fourth-order valence-corrected chi connectivity index (χ4v) is 12.1. The molecule has 0 aliphatic carbocycles. The number of allylic oxidation sites excluding steroid dienone is 5. The Hall–Kier alpha value is -1.92. The molecule has 0 radical (unpaired) electrons. The lowest BCUT2D eigenvalue weighted by Gasteiger charge is -2.20. The topological polar surface area (TPSA) is 95.9 Å². The van der Waals surface area contributed by atoms with Crippen LogP contribution in [-0.2, 0) is 14.3 Å². The monoisotopic (exact) mass is 1180 g/mol. The molecule has 0 saturated carbocycles. The predicted molar refractivity (Wildman–Crippen MR) is 370 cm³/mol. The summed E-state index contributed by atoms with van der Waals surface area (Å²) in [6.07, 6.45) is 95.5. The first kappa shape index (κ1) is 82.1. The maximum Gasteiger partial charge on any atom is 0.305 e. The number of hydrogen-bond acceptors (Lipinski definition) is 5. The van der Waals surface area contributed by atoms with E-state index in [2.05, 4.69) is 43.5 Å². The van der Waals surface area contributed by atoms with Gasteiger partial charge in [-0.3, -0.25) is 9.59 Å². The van der Waals surface area contributed by atoms with Crippen molar-refractivity contribution in [3.05, 3.63) is 36.5 Å². The SMILES string of the molecule is CCCCCCCCCCCCCCCCC/C=C/C(O)C(CO)NC(=O)CCCCCCCCCCCCCCCCCCC/C=C\C/C=C\CCCCCCCCCCCCCCCCCOC(=O)CCCCCCCCCCCCC. The Labute approximate surface area is 525 Å². The van der Waals surface area contributed by atoms with Crippen LogP contribution in [0.25, 0.3) is 0 Å². The molecule has 0 fully saturated rings. The van der Waals surface area contributed by atoms with Crippen molar-refractivity contribution in [1.82, 2.24) is 5.32 Å². The number of carbonyl (C=O) groups excluding carboxylic acids is 2. The largest absolute Gasteiger partial charge is 0.466 e. The number of unbranched alkanes of at least 4 members (excludes halogenated alkanes) is 57. The smallest absolute Gasteiger partial charge is 0.305 e. The standard InChI is InChI=1S/C78H149NO5/c1-3-5-7-9-11-13-15-16-17-41-44-47-51-54-58-62-66-70-76(81)75(74-80)79-77(82)71-67-63-59-55-52-48-45-42-39-37-35-33-31-29-27-25-23-21-19-18-20-22-24-26-28-30-32-34-36-38-40-43-46-49-53-57-61-65-69-73-84-78(83)72-68-64-60-56-50-14-12-10-8-6-4-2/h18-19,22,24,66,70,75-76,80-81H,3-17,20-21,23,25-65,67-69,71-74H2,1-2H3,(H,79,82)/b19-18-,24-22-,70-66+. The molecule has 6 nitrogen and oxygen atoms in total. The Bertz CT molecular complexity index is 1360. The van der Waals surface area contributed by atoms with Gasteiger partial charge in [0.1, 0.15) is 0 Å². The summed E-state index contributed by atoms with van der Waals surface area (Å²) in [5.74, 6) is -0.0413. The molecule has 0 aromatic rings. The lowest BCUT2D eigenvalue weighted by atomic mass is 10.0. The minimum atomic E-state index is -0.843. The van der Waals surface area contributed by atoms with Gasteiger partial charge in [0.25, 0.3) is 0 Å². The van der Waals surface area contributed by atoms with E-state index in [0.29, 0.717) is 19.4 Å². The summed E-state index contributed by atoms with van der Waals surface area (Å²) in [6, 6.07) is -0.626. The Morgan fingerprint density at radius 1 is 0.333 bits per heavy atom. The summed E-state index contributed by atoms with van der Waals surface area (Å²) in [5, 5.41) is 23.2. The van der Waals surface area contributed by atoms with Crippen molar-refractivity contribution in [3.8, 4) is 0 Å². The molecule has 2 unspecified atom stereocenters. The number of ether oxygens (including phenoxy) is 1. The minimum Gasteiger partial charge on any atom is -0.466 e. The summed E-state index contributed by atoms with van der Waals surface area (Å²) in [4.78, 5) is 24.5. The van der Waals surface area contributed by atoms with Crippen LogP contribution in [0, 0.1) is 0 Å². The van der Waals surface area contributed by atoms with Crippen molar-refractivity contribution in [2.75, 3.05) is 13.2 Å². The molecule has 496 valence electrons. The van der Waals surface area contributed by atoms with Crippen LogP contribution in [0.1, 0.15) is 425 Å². The molecule has 0 saturated heterocycles. The molecule has 0 aromatic heterocycles. The van der Waals surface area contributed by atoms with Gasteiger partial charge in [0, 0.05) is 12.8 Å². The van der Waals surface area contributed by atoms with Crippen LogP contribution < -0.4 is 5.32 Å². The van der Waals surface area contributed by atoms with E-state index in [0.717, 1.165) is 44.9 Å². The fraction of sp³-hybridized carbons (Fsp3) is 0.897. The quantitative estimate of drug-likeness (QED) is 0.0320. The molecular weight excluding hydrogens is 1030 g/mol. The van der Waals surface area contributed by atoms with Crippen molar-refractivity contribution < 1.29 is 24.5 Å². The van der Waals surface area contributed by atoms with Crippen LogP contribution in [0.5, 0.6) is 0 Å². The number of aliphatic hydroxyl groups excluding tert-OH is 2. The highest BCUT2D eigenvalue weighted by atomic mass is 16.5. The molecule has 0 aliphatic heterocycles. The number of amides is 1. The molecule has 0 aromatic carbocycles. The third-order valence-electron chi connectivity index (χ3n) is 17.9. The van der Waals surface area contributed by atoms with Crippen LogP contribution >= 0.6 is 0 Å². The van der Waals surface area contributed by atoms with Crippen molar-refractivity contribution in [2.24, 2.45) is 0 Å². The Morgan fingerprint density at radius 2 is 0.595 bits per heavy atom. The molecule has 1 amide bonds. The van der Waals surface area contributed by atoms with Crippen LogP contribution in [-0.4, -0.2) is 47.4 Å². The lowest BCUT2D eigenvalue weighted by Crippen LogP contribution is -2.45. The second kappa shape index (κ2) is 73.5. The molecule has 0 heterocycles. The number of esters is 1. The lowest BCUT2D eigenvalue weighted by molar-refractivity contribution is -0.143. The molecule has 3 N–H and O–H groups in total. The highest BCUT2D eigenvalue weighted by Crippen LogP contribution is 2.19. The summed E-state index contributed by atoms with van der Waals surface area (Å²) in [5.41, 5.74) is 0. The zero-order valence-electron chi connectivity index (χ0n) is 56.9. The summed E-state index contributed by atoms with van der Waals surface area (Å²) >= 11 is 0. The van der Waals surface area contributed by atoms with E-state index in [1.807, 2.05) is 6.08 Å². The van der Waals surface area contributed by atoms with Gasteiger partial charge >= 0.3 is 5.97 Å². The minimum absolute atomic E-state index is 0.0203. The molecule has 0 aliphatic rings. The molecule has 0 spiro atoms. The van der Waals surface area contributed by atoms with Crippen LogP contribution in [0.3, 0.4) is 0 Å². The number of rotatable bonds is 72.